The number of hydrogen-bond donors (Lipinski definition) is 0. The Morgan fingerprint density at radius 1 is 0.909 bits per heavy atom. The van der Waals surface area contributed by atoms with Crippen LogP contribution in [-0.4, -0.2) is 27.6 Å². The number of fused-ring (bicyclic) bond motifs is 1. The molecular weight excluding hydrogens is 296 g/mol. The molecule has 0 spiro atoms. The molecule has 1 fully saturated rings. The molecule has 0 unspecified atom stereocenters. The van der Waals surface area contributed by atoms with Crippen LogP contribution in [0.3, 0.4) is 0 Å². The minimum atomic E-state index is -1.15. The Labute approximate surface area is 131 Å². The first kappa shape index (κ1) is 13.3. The minimum Gasteiger partial charge on any atom is -0.273 e. The zero-order valence-corrected chi connectivity index (χ0v) is 12.4. The lowest BCUT2D eigenvalue weighted by Gasteiger charge is -2.26. The summed E-state index contributed by atoms with van der Waals surface area (Å²) >= 11 is 1.32. The largest absolute Gasteiger partial charge is 0.273 e. The highest BCUT2D eigenvalue weighted by atomic mass is 32.2. The van der Waals surface area contributed by atoms with E-state index in [0.29, 0.717) is 5.17 Å². The van der Waals surface area contributed by atoms with Crippen LogP contribution in [0.2, 0.25) is 0 Å². The summed E-state index contributed by atoms with van der Waals surface area (Å²) in [6.45, 7) is 0. The Balaban J connectivity index is 1.98. The molecule has 2 aliphatic heterocycles. The SMILES string of the molecule is O=C1CSC2=NC(c3ccccc3)(c3ccccc3)C(=O)N12. The topological polar surface area (TPSA) is 49.7 Å². The maximum absolute atomic E-state index is 13.1. The zero-order valence-electron chi connectivity index (χ0n) is 11.6. The molecule has 2 aliphatic rings. The number of carbonyl (C=O) groups is 2. The number of amidine groups is 1. The molecule has 0 aliphatic carbocycles. The van der Waals surface area contributed by atoms with Gasteiger partial charge in [-0.1, -0.05) is 72.4 Å². The predicted octanol–water partition coefficient (Wildman–Crippen LogP) is 2.40. The maximum Gasteiger partial charge on any atom is 0.272 e. The number of amides is 2. The number of imide groups is 1. The summed E-state index contributed by atoms with van der Waals surface area (Å²) in [5.74, 6) is -0.193. The van der Waals surface area contributed by atoms with Crippen LogP contribution < -0.4 is 0 Å². The third-order valence-electron chi connectivity index (χ3n) is 3.92. The van der Waals surface area contributed by atoms with Crippen molar-refractivity contribution in [3.8, 4) is 0 Å². The van der Waals surface area contributed by atoms with Gasteiger partial charge in [-0.2, -0.15) is 0 Å². The average molecular weight is 308 g/mol. The number of carbonyl (C=O) groups excluding carboxylic acids is 2. The van der Waals surface area contributed by atoms with Crippen molar-refractivity contribution in [2.45, 2.75) is 5.54 Å². The van der Waals surface area contributed by atoms with Gasteiger partial charge in [0.2, 0.25) is 5.91 Å². The highest BCUT2D eigenvalue weighted by Gasteiger charge is 2.55. The van der Waals surface area contributed by atoms with Crippen molar-refractivity contribution in [2.75, 3.05) is 5.75 Å². The lowest BCUT2D eigenvalue weighted by atomic mass is 9.83. The van der Waals surface area contributed by atoms with E-state index < -0.39 is 5.54 Å². The van der Waals surface area contributed by atoms with Crippen molar-refractivity contribution in [3.63, 3.8) is 0 Å². The molecule has 1 saturated heterocycles. The van der Waals surface area contributed by atoms with Gasteiger partial charge >= 0.3 is 0 Å². The van der Waals surface area contributed by atoms with E-state index in [-0.39, 0.29) is 17.6 Å². The first-order chi connectivity index (χ1) is 10.7. The van der Waals surface area contributed by atoms with E-state index >= 15 is 0 Å². The fourth-order valence-electron chi connectivity index (χ4n) is 2.90. The zero-order chi connectivity index (χ0) is 15.2. The van der Waals surface area contributed by atoms with Gasteiger partial charge in [0.25, 0.3) is 5.91 Å². The van der Waals surface area contributed by atoms with Crippen LogP contribution in [0.15, 0.2) is 65.7 Å². The molecule has 4 nitrogen and oxygen atoms in total. The van der Waals surface area contributed by atoms with Gasteiger partial charge < -0.3 is 0 Å². The van der Waals surface area contributed by atoms with Gasteiger partial charge in [-0.3, -0.25) is 9.59 Å². The third-order valence-corrected chi connectivity index (χ3v) is 4.85. The molecule has 4 rings (SSSR count). The molecule has 0 bridgehead atoms. The second-order valence-electron chi connectivity index (χ2n) is 5.16. The average Bonchev–Trinajstić information content (AvgIpc) is 3.08. The van der Waals surface area contributed by atoms with Crippen LogP contribution in [0.25, 0.3) is 0 Å². The molecular formula is C17H12N2O2S. The summed E-state index contributed by atoms with van der Waals surface area (Å²) in [4.78, 5) is 31.0. The van der Waals surface area contributed by atoms with Crippen LogP contribution in [0.1, 0.15) is 11.1 Å². The molecule has 108 valence electrons. The van der Waals surface area contributed by atoms with Gasteiger partial charge in [-0.15, -0.1) is 0 Å². The van der Waals surface area contributed by atoms with E-state index in [4.69, 9.17) is 0 Å². The third kappa shape index (κ3) is 1.69. The summed E-state index contributed by atoms with van der Waals surface area (Å²) in [6.07, 6.45) is 0. The quantitative estimate of drug-likeness (QED) is 0.801. The molecule has 0 saturated carbocycles. The number of thioether (sulfide) groups is 1. The van der Waals surface area contributed by atoms with Crippen molar-refractivity contribution >= 4 is 28.7 Å². The van der Waals surface area contributed by atoms with Crippen LogP contribution in [-0.2, 0) is 15.1 Å². The number of hydrogen-bond acceptors (Lipinski definition) is 4. The second kappa shape index (κ2) is 4.81. The van der Waals surface area contributed by atoms with Gasteiger partial charge in [0.05, 0.1) is 5.75 Å². The first-order valence-corrected chi connectivity index (χ1v) is 7.93. The normalized spacial score (nSPS) is 19.3. The fraction of sp³-hybridized carbons (Fsp3) is 0.118. The van der Waals surface area contributed by atoms with Crippen molar-refractivity contribution in [1.82, 2.24) is 4.90 Å². The van der Waals surface area contributed by atoms with E-state index in [1.54, 1.807) is 0 Å². The van der Waals surface area contributed by atoms with Gasteiger partial charge in [0, 0.05) is 0 Å². The van der Waals surface area contributed by atoms with Crippen molar-refractivity contribution in [2.24, 2.45) is 4.99 Å². The number of benzene rings is 2. The molecule has 0 radical (unpaired) electrons. The van der Waals surface area contributed by atoms with Crippen molar-refractivity contribution in [1.29, 1.82) is 0 Å². The molecule has 0 aromatic heterocycles. The second-order valence-corrected chi connectivity index (χ2v) is 6.10. The Morgan fingerprint density at radius 2 is 1.45 bits per heavy atom. The predicted molar refractivity (Wildman–Crippen MR) is 85.4 cm³/mol. The molecule has 0 atom stereocenters. The van der Waals surface area contributed by atoms with E-state index in [1.165, 1.54) is 16.7 Å². The highest BCUT2D eigenvalue weighted by molar-refractivity contribution is 8.15. The number of nitrogens with zero attached hydrogens (tertiary/aromatic N) is 2. The summed E-state index contributed by atoms with van der Waals surface area (Å²) in [7, 11) is 0. The lowest BCUT2D eigenvalue weighted by Crippen LogP contribution is -2.42. The summed E-state index contributed by atoms with van der Waals surface area (Å²) < 4.78 is 0. The molecule has 2 heterocycles. The maximum atomic E-state index is 13.1. The van der Waals surface area contributed by atoms with Crippen LogP contribution >= 0.6 is 11.8 Å². The fourth-order valence-corrected chi connectivity index (χ4v) is 3.80. The Bertz CT molecular complexity index is 747. The highest BCUT2D eigenvalue weighted by Crippen LogP contribution is 2.43. The van der Waals surface area contributed by atoms with E-state index in [2.05, 4.69) is 4.99 Å². The molecule has 2 aromatic rings. The minimum absolute atomic E-state index is 0.192. The molecule has 2 aromatic carbocycles. The number of rotatable bonds is 2. The van der Waals surface area contributed by atoms with Crippen LogP contribution in [0.5, 0.6) is 0 Å². The van der Waals surface area contributed by atoms with Crippen molar-refractivity contribution < 1.29 is 9.59 Å². The molecule has 2 amide bonds. The van der Waals surface area contributed by atoms with E-state index in [1.807, 2.05) is 60.7 Å². The van der Waals surface area contributed by atoms with E-state index in [0.717, 1.165) is 11.1 Å². The van der Waals surface area contributed by atoms with Crippen molar-refractivity contribution in [3.05, 3.63) is 71.8 Å². The standard InChI is InChI=1S/C17H12N2O2S/c20-14-11-22-16-18-17(15(21)19(14)16,12-7-3-1-4-8-12)13-9-5-2-6-10-13/h1-10H,11H2. The molecule has 0 N–H and O–H groups in total. The van der Waals surface area contributed by atoms with Crippen LogP contribution in [0, 0.1) is 0 Å². The smallest absolute Gasteiger partial charge is 0.272 e. The van der Waals surface area contributed by atoms with Gasteiger partial charge in [-0.25, -0.2) is 9.89 Å². The summed E-state index contributed by atoms with van der Waals surface area (Å²) in [5, 5.41) is 0.503. The number of aliphatic imine (C=N–C) groups is 1. The Morgan fingerprint density at radius 3 is 1.95 bits per heavy atom. The van der Waals surface area contributed by atoms with Gasteiger partial charge in [-0.05, 0) is 11.1 Å². The van der Waals surface area contributed by atoms with E-state index in [9.17, 15) is 9.59 Å². The summed E-state index contributed by atoms with van der Waals surface area (Å²) in [6, 6.07) is 18.8. The summed E-state index contributed by atoms with van der Waals surface area (Å²) in [5.41, 5.74) is 0.406. The monoisotopic (exact) mass is 308 g/mol. The lowest BCUT2D eigenvalue weighted by molar-refractivity contribution is -0.139. The van der Waals surface area contributed by atoms with Gasteiger partial charge in [0.1, 0.15) is 0 Å². The Kier molecular flexibility index (Phi) is 2.90. The van der Waals surface area contributed by atoms with Crippen LogP contribution in [0.4, 0.5) is 0 Å². The first-order valence-electron chi connectivity index (χ1n) is 6.94. The van der Waals surface area contributed by atoms with Gasteiger partial charge in [0.15, 0.2) is 10.7 Å². The molecule has 5 heteroatoms. The Hall–Kier alpha value is -2.40. The molecule has 22 heavy (non-hydrogen) atoms.